The van der Waals surface area contributed by atoms with Gasteiger partial charge < -0.3 is 19.7 Å². The summed E-state index contributed by atoms with van der Waals surface area (Å²) in [7, 11) is -1.58. The quantitative estimate of drug-likeness (QED) is 0.765. The lowest BCUT2D eigenvalue weighted by molar-refractivity contribution is 0.0127. The minimum Gasteiger partial charge on any atom is -0.465 e. The molecule has 1 unspecified atom stereocenters. The molecule has 1 atom stereocenters. The van der Waals surface area contributed by atoms with Gasteiger partial charge in [-0.15, -0.1) is 0 Å². The van der Waals surface area contributed by atoms with E-state index in [4.69, 9.17) is 9.94 Å². The molecule has 2 aliphatic rings. The molecule has 0 saturated carbocycles. The van der Waals surface area contributed by atoms with Gasteiger partial charge in [0.2, 0.25) is 0 Å². The highest BCUT2D eigenvalue weighted by molar-refractivity contribution is 7.84. The van der Waals surface area contributed by atoms with Crippen LogP contribution in [-0.2, 0) is 15.6 Å². The SMILES string of the molecule is CS(=O)c1cc(F)c(N2CCC(=NOC3CCN(C(=O)O)CC3)CC2)cc1F. The second-order valence-electron chi connectivity index (χ2n) is 6.91. The minimum absolute atomic E-state index is 0.102. The molecule has 2 aliphatic heterocycles. The summed E-state index contributed by atoms with van der Waals surface area (Å²) in [5.41, 5.74) is 1.01. The Hall–Kier alpha value is -2.23. The van der Waals surface area contributed by atoms with Gasteiger partial charge in [0.1, 0.15) is 17.7 Å². The molecule has 7 nitrogen and oxygen atoms in total. The molecule has 0 spiro atoms. The summed E-state index contributed by atoms with van der Waals surface area (Å²) in [6.07, 6.45) is 2.63. The Bertz CT molecular complexity index is 787. The maximum Gasteiger partial charge on any atom is 0.407 e. The number of rotatable bonds is 4. The van der Waals surface area contributed by atoms with E-state index in [2.05, 4.69) is 5.16 Å². The molecule has 2 heterocycles. The Morgan fingerprint density at radius 1 is 1.18 bits per heavy atom. The van der Waals surface area contributed by atoms with Crippen molar-refractivity contribution in [2.45, 2.75) is 36.7 Å². The summed E-state index contributed by atoms with van der Waals surface area (Å²) in [5, 5.41) is 13.1. The minimum atomic E-state index is -1.58. The van der Waals surface area contributed by atoms with E-state index in [-0.39, 0.29) is 16.7 Å². The number of oxime groups is 1. The summed E-state index contributed by atoms with van der Waals surface area (Å²) in [4.78, 5) is 19.4. The van der Waals surface area contributed by atoms with Gasteiger partial charge in [-0.3, -0.25) is 4.21 Å². The average Bonchev–Trinajstić information content (AvgIpc) is 2.68. The molecule has 154 valence electrons. The number of benzene rings is 1. The summed E-state index contributed by atoms with van der Waals surface area (Å²) < 4.78 is 39.8. The van der Waals surface area contributed by atoms with Crippen LogP contribution < -0.4 is 4.90 Å². The van der Waals surface area contributed by atoms with Crippen molar-refractivity contribution in [2.24, 2.45) is 5.16 Å². The number of amides is 1. The van der Waals surface area contributed by atoms with Crippen molar-refractivity contribution in [1.29, 1.82) is 0 Å². The molecule has 0 aromatic heterocycles. The van der Waals surface area contributed by atoms with E-state index < -0.39 is 28.5 Å². The van der Waals surface area contributed by atoms with Crippen molar-refractivity contribution in [2.75, 3.05) is 37.3 Å². The molecule has 1 amide bonds. The molecule has 2 saturated heterocycles. The molecule has 1 aromatic carbocycles. The van der Waals surface area contributed by atoms with Gasteiger partial charge in [-0.05, 0) is 6.07 Å². The standard InChI is InChI=1S/C18H23F2N3O4S/c1-28(26)17-11-14(19)16(10-15(17)20)22-6-2-12(3-7-22)21-27-13-4-8-23(9-5-13)18(24)25/h10-11,13H,2-9H2,1H3,(H,24,25). The number of halogens is 2. The molecule has 0 aliphatic carbocycles. The van der Waals surface area contributed by atoms with Gasteiger partial charge in [0.05, 0.1) is 27.1 Å². The van der Waals surface area contributed by atoms with Crippen molar-refractivity contribution >= 4 is 28.3 Å². The maximum absolute atomic E-state index is 14.3. The maximum atomic E-state index is 14.3. The van der Waals surface area contributed by atoms with Gasteiger partial charge >= 0.3 is 6.09 Å². The first kappa shape index (κ1) is 20.5. The lowest BCUT2D eigenvalue weighted by Gasteiger charge is -2.31. The topological polar surface area (TPSA) is 82.4 Å². The number of piperidine rings is 2. The molecule has 2 fully saturated rings. The van der Waals surface area contributed by atoms with Crippen LogP contribution in [0.4, 0.5) is 19.3 Å². The highest BCUT2D eigenvalue weighted by Crippen LogP contribution is 2.27. The normalized spacial score (nSPS) is 19.5. The number of carbonyl (C=O) groups is 1. The van der Waals surface area contributed by atoms with Crippen LogP contribution in [0.25, 0.3) is 0 Å². The Morgan fingerprint density at radius 3 is 2.39 bits per heavy atom. The zero-order chi connectivity index (χ0) is 20.3. The summed E-state index contributed by atoms with van der Waals surface area (Å²) >= 11 is 0. The van der Waals surface area contributed by atoms with E-state index in [1.165, 1.54) is 11.2 Å². The van der Waals surface area contributed by atoms with Crippen LogP contribution in [0.15, 0.2) is 22.2 Å². The van der Waals surface area contributed by atoms with Crippen molar-refractivity contribution in [3.63, 3.8) is 0 Å². The largest absolute Gasteiger partial charge is 0.465 e. The monoisotopic (exact) mass is 415 g/mol. The Kier molecular flexibility index (Phi) is 6.48. The Morgan fingerprint density at radius 2 is 1.82 bits per heavy atom. The van der Waals surface area contributed by atoms with Crippen LogP contribution in [0.2, 0.25) is 0 Å². The zero-order valence-corrected chi connectivity index (χ0v) is 16.4. The molecule has 28 heavy (non-hydrogen) atoms. The first-order valence-electron chi connectivity index (χ1n) is 9.12. The number of hydrogen-bond acceptors (Lipinski definition) is 5. The summed E-state index contributed by atoms with van der Waals surface area (Å²) in [5.74, 6) is -1.26. The van der Waals surface area contributed by atoms with Crippen LogP contribution in [0.5, 0.6) is 0 Å². The second kappa shape index (κ2) is 8.85. The van der Waals surface area contributed by atoms with Crippen molar-refractivity contribution in [3.8, 4) is 0 Å². The fourth-order valence-corrected chi connectivity index (χ4v) is 3.98. The molecule has 10 heteroatoms. The lowest BCUT2D eigenvalue weighted by atomic mass is 10.1. The van der Waals surface area contributed by atoms with Gasteiger partial charge in [-0.25, -0.2) is 13.6 Å². The average molecular weight is 415 g/mol. The number of anilines is 1. The zero-order valence-electron chi connectivity index (χ0n) is 15.6. The van der Waals surface area contributed by atoms with Crippen molar-refractivity contribution in [3.05, 3.63) is 23.8 Å². The molecule has 1 N–H and O–H groups in total. The van der Waals surface area contributed by atoms with Gasteiger partial charge in [-0.1, -0.05) is 5.16 Å². The van der Waals surface area contributed by atoms with Gasteiger partial charge in [0, 0.05) is 64.2 Å². The van der Waals surface area contributed by atoms with Crippen LogP contribution in [-0.4, -0.2) is 64.6 Å². The third-order valence-electron chi connectivity index (χ3n) is 5.04. The highest BCUT2D eigenvalue weighted by Gasteiger charge is 2.25. The smallest absolute Gasteiger partial charge is 0.407 e. The molecule has 3 rings (SSSR count). The van der Waals surface area contributed by atoms with E-state index in [0.29, 0.717) is 51.9 Å². The number of hydrogen-bond donors (Lipinski definition) is 1. The van der Waals surface area contributed by atoms with E-state index in [1.54, 1.807) is 4.90 Å². The third-order valence-corrected chi connectivity index (χ3v) is 5.97. The number of nitrogens with zero attached hydrogens (tertiary/aromatic N) is 3. The molecular formula is C18H23F2N3O4S. The van der Waals surface area contributed by atoms with Gasteiger partial charge in [-0.2, -0.15) is 0 Å². The fraction of sp³-hybridized carbons (Fsp3) is 0.556. The lowest BCUT2D eigenvalue weighted by Crippen LogP contribution is -2.40. The third kappa shape index (κ3) is 4.78. The fourth-order valence-electron chi connectivity index (χ4n) is 3.38. The summed E-state index contributed by atoms with van der Waals surface area (Å²) in [6, 6.07) is 2.10. The van der Waals surface area contributed by atoms with E-state index in [0.717, 1.165) is 17.8 Å². The summed E-state index contributed by atoms with van der Waals surface area (Å²) in [6.45, 7) is 1.82. The van der Waals surface area contributed by atoms with Crippen molar-refractivity contribution in [1.82, 2.24) is 4.90 Å². The predicted molar refractivity (Wildman–Crippen MR) is 101 cm³/mol. The van der Waals surface area contributed by atoms with Crippen LogP contribution in [0.1, 0.15) is 25.7 Å². The first-order valence-corrected chi connectivity index (χ1v) is 10.7. The van der Waals surface area contributed by atoms with Crippen LogP contribution in [0.3, 0.4) is 0 Å². The number of likely N-dealkylation sites (tertiary alicyclic amines) is 1. The molecule has 0 radical (unpaired) electrons. The van der Waals surface area contributed by atoms with E-state index >= 15 is 0 Å². The van der Waals surface area contributed by atoms with Crippen molar-refractivity contribution < 1.29 is 27.7 Å². The van der Waals surface area contributed by atoms with Crippen LogP contribution in [0, 0.1) is 11.6 Å². The second-order valence-corrected chi connectivity index (χ2v) is 8.26. The first-order chi connectivity index (χ1) is 13.3. The van der Waals surface area contributed by atoms with Gasteiger partial charge in [0.25, 0.3) is 0 Å². The Balaban J connectivity index is 1.53. The molecule has 1 aromatic rings. The molecule has 0 bridgehead atoms. The highest BCUT2D eigenvalue weighted by atomic mass is 32.2. The van der Waals surface area contributed by atoms with Crippen LogP contribution >= 0.6 is 0 Å². The molecular weight excluding hydrogens is 392 g/mol. The Labute approximate surface area is 164 Å². The number of carboxylic acid groups (broad SMARTS) is 1. The van der Waals surface area contributed by atoms with Gasteiger partial charge in [0.15, 0.2) is 0 Å². The van der Waals surface area contributed by atoms with E-state index in [1.807, 2.05) is 0 Å². The van der Waals surface area contributed by atoms with E-state index in [9.17, 15) is 17.8 Å². The predicted octanol–water partition coefficient (Wildman–Crippen LogP) is 2.82.